The van der Waals surface area contributed by atoms with Gasteiger partial charge in [-0.3, -0.25) is 4.79 Å². The van der Waals surface area contributed by atoms with Gasteiger partial charge in [-0.15, -0.1) is 0 Å². The van der Waals surface area contributed by atoms with Gasteiger partial charge in [0.25, 0.3) is 5.91 Å². The first-order chi connectivity index (χ1) is 12.7. The Kier molecular flexibility index (Phi) is 6.28. The van der Waals surface area contributed by atoms with Crippen LogP contribution in [0.25, 0.3) is 0 Å². The number of carbonyl (C=O) groups excluding carboxylic acids is 2. The predicted octanol–water partition coefficient (Wildman–Crippen LogP) is 1.60. The summed E-state index contributed by atoms with van der Waals surface area (Å²) in [5.41, 5.74) is 0.835. The second kappa shape index (κ2) is 8.44. The van der Waals surface area contributed by atoms with Crippen LogP contribution in [-0.2, 0) is 19.6 Å². The van der Waals surface area contributed by atoms with Gasteiger partial charge in [0, 0.05) is 19.8 Å². The number of nitriles is 1. The summed E-state index contributed by atoms with van der Waals surface area (Å²) in [5, 5.41) is 11.3. The molecule has 0 aliphatic rings. The Morgan fingerprint density at radius 3 is 2.41 bits per heavy atom. The van der Waals surface area contributed by atoms with Crippen molar-refractivity contribution in [1.82, 2.24) is 4.31 Å². The van der Waals surface area contributed by atoms with E-state index in [-0.39, 0.29) is 10.5 Å². The highest BCUT2D eigenvalue weighted by Crippen LogP contribution is 2.16. The first-order valence-corrected chi connectivity index (χ1v) is 9.18. The molecule has 0 aliphatic heterocycles. The average Bonchev–Trinajstić information content (AvgIpc) is 2.66. The summed E-state index contributed by atoms with van der Waals surface area (Å²) in [6.07, 6.45) is 0. The highest BCUT2D eigenvalue weighted by Gasteiger charge is 2.17. The van der Waals surface area contributed by atoms with E-state index in [1.54, 1.807) is 12.1 Å². The van der Waals surface area contributed by atoms with E-state index in [9.17, 15) is 18.0 Å². The van der Waals surface area contributed by atoms with Crippen LogP contribution in [-0.4, -0.2) is 45.3 Å². The number of hydrogen-bond acceptors (Lipinski definition) is 6. The molecule has 2 aromatic carbocycles. The first kappa shape index (κ1) is 20.1. The summed E-state index contributed by atoms with van der Waals surface area (Å²) in [7, 11) is -0.707. The molecule has 0 atom stereocenters. The maximum atomic E-state index is 12.0. The number of carbonyl (C=O) groups is 2. The molecule has 2 aromatic rings. The molecule has 27 heavy (non-hydrogen) atoms. The smallest absolute Gasteiger partial charge is 0.338 e. The van der Waals surface area contributed by atoms with Crippen LogP contribution in [0.4, 0.5) is 5.69 Å². The highest BCUT2D eigenvalue weighted by molar-refractivity contribution is 7.89. The number of amides is 1. The Morgan fingerprint density at radius 1 is 1.15 bits per heavy atom. The number of rotatable bonds is 6. The third-order valence-electron chi connectivity index (χ3n) is 3.48. The van der Waals surface area contributed by atoms with Crippen LogP contribution in [0.3, 0.4) is 0 Å². The van der Waals surface area contributed by atoms with Crippen molar-refractivity contribution in [2.45, 2.75) is 4.90 Å². The molecule has 0 aliphatic carbocycles. The fraction of sp³-hybridized carbons (Fsp3) is 0.167. The molecule has 9 heteroatoms. The van der Waals surface area contributed by atoms with E-state index < -0.39 is 28.5 Å². The maximum Gasteiger partial charge on any atom is 0.338 e. The van der Waals surface area contributed by atoms with Gasteiger partial charge in [0.2, 0.25) is 10.0 Å². The third kappa shape index (κ3) is 5.13. The summed E-state index contributed by atoms with van der Waals surface area (Å²) in [6.45, 7) is -0.520. The monoisotopic (exact) mass is 387 g/mol. The van der Waals surface area contributed by atoms with Crippen molar-refractivity contribution in [3.8, 4) is 6.07 Å². The Labute approximate surface area is 157 Å². The lowest BCUT2D eigenvalue weighted by Gasteiger charge is -2.12. The molecule has 0 heterocycles. The average molecular weight is 387 g/mol. The molecule has 0 saturated carbocycles. The number of ether oxygens (including phenoxy) is 1. The minimum Gasteiger partial charge on any atom is -0.452 e. The number of hydrogen-bond donors (Lipinski definition) is 1. The number of nitrogens with zero attached hydrogens (tertiary/aromatic N) is 2. The van der Waals surface area contributed by atoms with Gasteiger partial charge in [-0.2, -0.15) is 5.26 Å². The fourth-order valence-electron chi connectivity index (χ4n) is 2.05. The van der Waals surface area contributed by atoms with Crippen LogP contribution in [0.5, 0.6) is 0 Å². The number of nitrogens with one attached hydrogen (secondary N) is 1. The van der Waals surface area contributed by atoms with Crippen LogP contribution < -0.4 is 5.32 Å². The topological polar surface area (TPSA) is 117 Å². The molecule has 0 fully saturated rings. The van der Waals surface area contributed by atoms with Crippen molar-refractivity contribution >= 4 is 27.6 Å². The van der Waals surface area contributed by atoms with E-state index in [1.807, 2.05) is 6.07 Å². The van der Waals surface area contributed by atoms with E-state index in [0.717, 1.165) is 4.31 Å². The Hall–Kier alpha value is -3.22. The molecule has 0 spiro atoms. The third-order valence-corrected chi connectivity index (χ3v) is 5.31. The first-order valence-electron chi connectivity index (χ1n) is 7.74. The summed E-state index contributed by atoms with van der Waals surface area (Å²) in [6, 6.07) is 13.4. The molecule has 0 radical (unpaired) electrons. The van der Waals surface area contributed by atoms with Gasteiger partial charge >= 0.3 is 5.97 Å². The zero-order valence-electron chi connectivity index (χ0n) is 14.7. The normalized spacial score (nSPS) is 10.9. The van der Waals surface area contributed by atoms with Crippen molar-refractivity contribution in [1.29, 1.82) is 5.26 Å². The van der Waals surface area contributed by atoms with E-state index in [2.05, 4.69) is 5.32 Å². The highest BCUT2D eigenvalue weighted by atomic mass is 32.2. The lowest BCUT2D eigenvalue weighted by molar-refractivity contribution is -0.119. The Balaban J connectivity index is 1.94. The second-order valence-electron chi connectivity index (χ2n) is 5.63. The summed E-state index contributed by atoms with van der Waals surface area (Å²) in [4.78, 5) is 23.9. The molecular weight excluding hydrogens is 370 g/mol. The molecular formula is C18H17N3O5S. The minimum absolute atomic E-state index is 0.0919. The zero-order chi connectivity index (χ0) is 20.0. The fourth-order valence-corrected chi connectivity index (χ4v) is 2.95. The number of benzene rings is 2. The number of sulfonamides is 1. The molecule has 8 nitrogen and oxygen atoms in total. The van der Waals surface area contributed by atoms with Gasteiger partial charge in [-0.05, 0) is 42.5 Å². The molecule has 0 aromatic heterocycles. The van der Waals surface area contributed by atoms with Gasteiger partial charge < -0.3 is 10.1 Å². The molecule has 0 saturated heterocycles. The van der Waals surface area contributed by atoms with Crippen LogP contribution in [0, 0.1) is 11.3 Å². The zero-order valence-corrected chi connectivity index (χ0v) is 15.5. The second-order valence-corrected chi connectivity index (χ2v) is 7.78. The van der Waals surface area contributed by atoms with Crippen LogP contribution in [0.2, 0.25) is 0 Å². The lowest BCUT2D eigenvalue weighted by Crippen LogP contribution is -2.22. The van der Waals surface area contributed by atoms with Crippen molar-refractivity contribution in [2.75, 3.05) is 26.0 Å². The van der Waals surface area contributed by atoms with Crippen molar-refractivity contribution in [3.05, 3.63) is 59.7 Å². The van der Waals surface area contributed by atoms with Crippen molar-refractivity contribution < 1.29 is 22.7 Å². The van der Waals surface area contributed by atoms with Gasteiger partial charge in [-0.25, -0.2) is 17.5 Å². The largest absolute Gasteiger partial charge is 0.452 e. The summed E-state index contributed by atoms with van der Waals surface area (Å²) >= 11 is 0. The van der Waals surface area contributed by atoms with Gasteiger partial charge in [0.1, 0.15) is 0 Å². The van der Waals surface area contributed by atoms with E-state index in [1.165, 1.54) is 50.5 Å². The van der Waals surface area contributed by atoms with E-state index >= 15 is 0 Å². The molecule has 140 valence electrons. The molecule has 0 bridgehead atoms. The quantitative estimate of drug-likeness (QED) is 0.753. The van der Waals surface area contributed by atoms with E-state index in [0.29, 0.717) is 11.3 Å². The van der Waals surface area contributed by atoms with Crippen molar-refractivity contribution in [2.24, 2.45) is 0 Å². The van der Waals surface area contributed by atoms with E-state index in [4.69, 9.17) is 10.00 Å². The van der Waals surface area contributed by atoms with Crippen LogP contribution >= 0.6 is 0 Å². The van der Waals surface area contributed by atoms with Gasteiger partial charge in [-0.1, -0.05) is 6.07 Å². The predicted molar refractivity (Wildman–Crippen MR) is 97.4 cm³/mol. The number of anilines is 1. The Morgan fingerprint density at radius 2 is 1.81 bits per heavy atom. The standard InChI is InChI=1S/C18H17N3O5S/c1-21(2)27(24,25)16-8-6-15(7-9-16)20-17(22)12-26-18(23)14-5-3-4-13(10-14)11-19/h3-10H,12H2,1-2H3,(H,20,22). The van der Waals surface area contributed by atoms with Crippen molar-refractivity contribution in [3.63, 3.8) is 0 Å². The minimum atomic E-state index is -3.55. The summed E-state index contributed by atoms with van der Waals surface area (Å²) < 4.78 is 30.0. The van der Waals surface area contributed by atoms with Gasteiger partial charge in [0.15, 0.2) is 6.61 Å². The van der Waals surface area contributed by atoms with Gasteiger partial charge in [0.05, 0.1) is 22.1 Å². The maximum absolute atomic E-state index is 12.0. The summed E-state index contributed by atoms with van der Waals surface area (Å²) in [5.74, 6) is -1.31. The van der Waals surface area contributed by atoms with Crippen LogP contribution in [0.1, 0.15) is 15.9 Å². The molecule has 1 amide bonds. The van der Waals surface area contributed by atoms with Crippen LogP contribution in [0.15, 0.2) is 53.4 Å². The lowest BCUT2D eigenvalue weighted by atomic mass is 10.1. The molecule has 0 unspecified atom stereocenters. The Bertz CT molecular complexity index is 992. The molecule has 1 N–H and O–H groups in total. The number of esters is 1. The SMILES string of the molecule is CN(C)S(=O)(=O)c1ccc(NC(=O)COC(=O)c2cccc(C#N)c2)cc1. The molecule has 2 rings (SSSR count).